The number of nitrogens with zero attached hydrogens (tertiary/aromatic N) is 4. The maximum atomic E-state index is 5.21. The van der Waals surface area contributed by atoms with Gasteiger partial charge in [-0.3, -0.25) is 0 Å². The van der Waals surface area contributed by atoms with Crippen molar-refractivity contribution in [1.82, 2.24) is 19.6 Å². The quantitative estimate of drug-likeness (QED) is 0.602. The molecule has 0 fully saturated rings. The minimum Gasteiger partial charge on any atom is -0.497 e. The minimum atomic E-state index is 0.569. The van der Waals surface area contributed by atoms with Gasteiger partial charge in [0.05, 0.1) is 7.11 Å². The molecule has 26 heavy (non-hydrogen) atoms. The fourth-order valence-electron chi connectivity index (χ4n) is 2.84. The van der Waals surface area contributed by atoms with E-state index in [-0.39, 0.29) is 0 Å². The SMILES string of the molecule is COc1ccc(Nc2cc(C)nc3nc(-c4ccccc4C)nn23)cc1. The standard InChI is InChI=1S/C20H19N5O/c1-13-6-4-5-7-17(13)19-23-20-21-14(2)12-18(25(20)24-19)22-15-8-10-16(26-3)11-9-15/h4-12,22H,1-3H3. The summed E-state index contributed by atoms with van der Waals surface area (Å²) in [6, 6.07) is 17.8. The topological polar surface area (TPSA) is 64.3 Å². The molecular formula is C20H19N5O. The van der Waals surface area contributed by atoms with E-state index in [1.807, 2.05) is 55.5 Å². The Morgan fingerprint density at radius 1 is 0.962 bits per heavy atom. The first kappa shape index (κ1) is 16.1. The van der Waals surface area contributed by atoms with E-state index in [4.69, 9.17) is 4.74 Å². The first-order valence-corrected chi connectivity index (χ1v) is 8.35. The largest absolute Gasteiger partial charge is 0.497 e. The second-order valence-corrected chi connectivity index (χ2v) is 6.10. The van der Waals surface area contributed by atoms with Crippen LogP contribution in [0.1, 0.15) is 11.3 Å². The van der Waals surface area contributed by atoms with Gasteiger partial charge >= 0.3 is 0 Å². The predicted octanol–water partition coefficient (Wildman–Crippen LogP) is 4.16. The van der Waals surface area contributed by atoms with Crippen LogP contribution < -0.4 is 10.1 Å². The average molecular weight is 345 g/mol. The number of nitrogens with one attached hydrogen (secondary N) is 1. The number of hydrogen-bond acceptors (Lipinski definition) is 5. The Kier molecular flexibility index (Phi) is 4.01. The van der Waals surface area contributed by atoms with Crippen molar-refractivity contribution in [3.8, 4) is 17.1 Å². The molecule has 0 amide bonds. The maximum absolute atomic E-state index is 5.21. The molecule has 4 rings (SSSR count). The van der Waals surface area contributed by atoms with Crippen LogP contribution in [-0.2, 0) is 0 Å². The first-order chi connectivity index (χ1) is 12.6. The average Bonchev–Trinajstić information content (AvgIpc) is 3.06. The fraction of sp³-hybridized carbons (Fsp3) is 0.150. The van der Waals surface area contributed by atoms with Crippen molar-refractivity contribution in [2.75, 3.05) is 12.4 Å². The van der Waals surface area contributed by atoms with Gasteiger partial charge in [-0.15, -0.1) is 5.10 Å². The second kappa shape index (κ2) is 6.48. The van der Waals surface area contributed by atoms with Gasteiger partial charge in [0.15, 0.2) is 5.82 Å². The lowest BCUT2D eigenvalue weighted by Gasteiger charge is -2.09. The normalized spacial score (nSPS) is 10.9. The molecule has 0 aliphatic heterocycles. The molecule has 2 aromatic heterocycles. The Labute approximate surface area is 151 Å². The molecule has 0 saturated carbocycles. The van der Waals surface area contributed by atoms with Gasteiger partial charge in [-0.1, -0.05) is 24.3 Å². The number of ether oxygens (including phenoxy) is 1. The molecule has 6 heteroatoms. The summed E-state index contributed by atoms with van der Waals surface area (Å²) in [5, 5.41) is 8.05. The van der Waals surface area contributed by atoms with Gasteiger partial charge in [0.2, 0.25) is 0 Å². The third kappa shape index (κ3) is 2.97. The Bertz CT molecular complexity index is 1070. The Hall–Kier alpha value is -3.41. The number of benzene rings is 2. The van der Waals surface area contributed by atoms with Crippen LogP contribution in [0.15, 0.2) is 54.6 Å². The van der Waals surface area contributed by atoms with Crippen LogP contribution in [0.5, 0.6) is 5.75 Å². The molecule has 1 N–H and O–H groups in total. The van der Waals surface area contributed by atoms with E-state index in [0.717, 1.165) is 34.1 Å². The van der Waals surface area contributed by atoms with Gasteiger partial charge in [0, 0.05) is 23.0 Å². The summed E-state index contributed by atoms with van der Waals surface area (Å²) < 4.78 is 6.94. The molecule has 0 aliphatic carbocycles. The van der Waals surface area contributed by atoms with Crippen LogP contribution in [0.2, 0.25) is 0 Å². The van der Waals surface area contributed by atoms with Gasteiger partial charge < -0.3 is 10.1 Å². The van der Waals surface area contributed by atoms with Crippen molar-refractivity contribution < 1.29 is 4.74 Å². The summed E-state index contributed by atoms with van der Waals surface area (Å²) in [7, 11) is 1.65. The van der Waals surface area contributed by atoms with Crippen molar-refractivity contribution in [2.45, 2.75) is 13.8 Å². The van der Waals surface area contributed by atoms with Crippen molar-refractivity contribution in [3.63, 3.8) is 0 Å². The van der Waals surface area contributed by atoms with Crippen LogP contribution in [0.25, 0.3) is 17.2 Å². The molecule has 0 radical (unpaired) electrons. The van der Waals surface area contributed by atoms with E-state index in [9.17, 15) is 0 Å². The Balaban J connectivity index is 1.78. The lowest BCUT2D eigenvalue weighted by Crippen LogP contribution is -2.02. The predicted molar refractivity (Wildman–Crippen MR) is 102 cm³/mol. The lowest BCUT2D eigenvalue weighted by molar-refractivity contribution is 0.415. The molecule has 0 unspecified atom stereocenters. The Morgan fingerprint density at radius 3 is 2.46 bits per heavy atom. The highest BCUT2D eigenvalue weighted by molar-refractivity contribution is 5.64. The van der Waals surface area contributed by atoms with Crippen LogP contribution >= 0.6 is 0 Å². The number of anilines is 2. The van der Waals surface area contributed by atoms with E-state index < -0.39 is 0 Å². The molecule has 4 aromatic rings. The summed E-state index contributed by atoms with van der Waals surface area (Å²) in [6.45, 7) is 4.00. The van der Waals surface area contributed by atoms with Crippen LogP contribution in [0.3, 0.4) is 0 Å². The summed E-state index contributed by atoms with van der Waals surface area (Å²) >= 11 is 0. The van der Waals surface area contributed by atoms with Crippen molar-refractivity contribution >= 4 is 17.3 Å². The van der Waals surface area contributed by atoms with Gasteiger partial charge in [0.25, 0.3) is 5.78 Å². The van der Waals surface area contributed by atoms with Gasteiger partial charge in [-0.25, -0.2) is 4.98 Å². The van der Waals surface area contributed by atoms with Crippen LogP contribution in [-0.4, -0.2) is 26.7 Å². The zero-order chi connectivity index (χ0) is 18.1. The highest BCUT2D eigenvalue weighted by atomic mass is 16.5. The van der Waals surface area contributed by atoms with Crippen molar-refractivity contribution in [3.05, 3.63) is 65.9 Å². The molecule has 6 nitrogen and oxygen atoms in total. The minimum absolute atomic E-state index is 0.569. The molecule has 0 spiro atoms. The monoisotopic (exact) mass is 345 g/mol. The number of hydrogen-bond donors (Lipinski definition) is 1. The van der Waals surface area contributed by atoms with Crippen LogP contribution in [0.4, 0.5) is 11.5 Å². The van der Waals surface area contributed by atoms with Gasteiger partial charge in [-0.05, 0) is 43.7 Å². The first-order valence-electron chi connectivity index (χ1n) is 8.35. The zero-order valence-electron chi connectivity index (χ0n) is 14.9. The smallest absolute Gasteiger partial charge is 0.254 e. The number of rotatable bonds is 4. The molecule has 0 atom stereocenters. The number of fused-ring (bicyclic) bond motifs is 1. The van der Waals surface area contributed by atoms with E-state index in [1.54, 1.807) is 11.6 Å². The summed E-state index contributed by atoms with van der Waals surface area (Å²) in [4.78, 5) is 9.13. The van der Waals surface area contributed by atoms with Crippen molar-refractivity contribution in [2.24, 2.45) is 0 Å². The molecule has 0 bridgehead atoms. The summed E-state index contributed by atoms with van der Waals surface area (Å²) in [5.74, 6) is 2.86. The molecule has 0 saturated heterocycles. The second-order valence-electron chi connectivity index (χ2n) is 6.10. The zero-order valence-corrected chi connectivity index (χ0v) is 14.9. The molecule has 130 valence electrons. The van der Waals surface area contributed by atoms with Gasteiger partial charge in [0.1, 0.15) is 11.6 Å². The highest BCUT2D eigenvalue weighted by Gasteiger charge is 2.13. The van der Waals surface area contributed by atoms with Gasteiger partial charge in [-0.2, -0.15) is 9.50 Å². The number of aromatic nitrogens is 4. The summed E-state index contributed by atoms with van der Waals surface area (Å²) in [5.41, 5.74) is 3.94. The highest BCUT2D eigenvalue weighted by Crippen LogP contribution is 2.24. The lowest BCUT2D eigenvalue weighted by atomic mass is 10.1. The third-order valence-corrected chi connectivity index (χ3v) is 4.19. The molecular weight excluding hydrogens is 326 g/mol. The van der Waals surface area contributed by atoms with E-state index in [0.29, 0.717) is 11.6 Å². The van der Waals surface area contributed by atoms with E-state index >= 15 is 0 Å². The van der Waals surface area contributed by atoms with E-state index in [1.165, 1.54) is 0 Å². The molecule has 0 aliphatic rings. The maximum Gasteiger partial charge on any atom is 0.254 e. The van der Waals surface area contributed by atoms with Crippen molar-refractivity contribution in [1.29, 1.82) is 0 Å². The number of methoxy groups -OCH3 is 1. The van der Waals surface area contributed by atoms with E-state index in [2.05, 4.69) is 33.4 Å². The number of aryl methyl sites for hydroxylation is 2. The molecule has 2 heterocycles. The Morgan fingerprint density at radius 2 is 1.73 bits per heavy atom. The van der Waals surface area contributed by atoms with Crippen LogP contribution in [0, 0.1) is 13.8 Å². The summed E-state index contributed by atoms with van der Waals surface area (Å²) in [6.07, 6.45) is 0. The molecule has 2 aromatic carbocycles. The fourth-order valence-corrected chi connectivity index (χ4v) is 2.84. The third-order valence-electron chi connectivity index (χ3n) is 4.19.